The highest BCUT2D eigenvalue weighted by molar-refractivity contribution is 5.95. The van der Waals surface area contributed by atoms with Crippen molar-refractivity contribution in [3.63, 3.8) is 0 Å². The van der Waals surface area contributed by atoms with Crippen molar-refractivity contribution >= 4 is 16.6 Å². The summed E-state index contributed by atoms with van der Waals surface area (Å²) in [5.74, 6) is 0. The van der Waals surface area contributed by atoms with Crippen LogP contribution in [0.4, 0.5) is 0 Å². The lowest BCUT2D eigenvalue weighted by Gasteiger charge is -2.11. The first-order chi connectivity index (χ1) is 10.8. The van der Waals surface area contributed by atoms with Crippen molar-refractivity contribution in [2.24, 2.45) is 7.05 Å². The zero-order chi connectivity index (χ0) is 14.7. The van der Waals surface area contributed by atoms with E-state index >= 15 is 0 Å². The van der Waals surface area contributed by atoms with Crippen LogP contribution in [0, 0.1) is 0 Å². The van der Waals surface area contributed by atoms with Crippen LogP contribution in [0.2, 0.25) is 0 Å². The van der Waals surface area contributed by atoms with Crippen molar-refractivity contribution in [2.75, 3.05) is 0 Å². The minimum absolute atomic E-state index is 0.255. The third-order valence-corrected chi connectivity index (χ3v) is 4.65. The van der Waals surface area contributed by atoms with E-state index in [1.54, 1.807) is 0 Å². The Morgan fingerprint density at radius 2 is 2.23 bits per heavy atom. The highest BCUT2D eigenvalue weighted by Crippen LogP contribution is 2.40. The zero-order valence-corrected chi connectivity index (χ0v) is 12.3. The summed E-state index contributed by atoms with van der Waals surface area (Å²) >= 11 is 0. The lowest BCUT2D eigenvalue weighted by Crippen LogP contribution is -2.04. The number of rotatable bonds is 2. The fourth-order valence-electron chi connectivity index (χ4n) is 3.56. The number of hydrogen-bond acceptors (Lipinski definition) is 3. The average Bonchev–Trinajstić information content (AvgIpc) is 3.29. The third kappa shape index (κ3) is 1.69. The minimum Gasteiger partial charge on any atom is -0.366 e. The monoisotopic (exact) mass is 292 g/mol. The molecule has 2 bridgehead atoms. The molecular weight excluding hydrogens is 276 g/mol. The van der Waals surface area contributed by atoms with Crippen molar-refractivity contribution in [3.8, 4) is 11.1 Å². The Balaban J connectivity index is 1.65. The number of pyridine rings is 1. The van der Waals surface area contributed by atoms with Gasteiger partial charge in [0.05, 0.1) is 18.4 Å². The summed E-state index contributed by atoms with van der Waals surface area (Å²) in [4.78, 5) is 7.83. The molecule has 1 N–H and O–H groups in total. The molecule has 3 aromatic rings. The molecule has 0 amide bonds. The summed E-state index contributed by atoms with van der Waals surface area (Å²) in [5, 5.41) is 5.39. The van der Waals surface area contributed by atoms with Gasteiger partial charge in [-0.05, 0) is 36.1 Å². The number of H-pyrrole nitrogens is 1. The van der Waals surface area contributed by atoms with Crippen LogP contribution >= 0.6 is 0 Å². The Hall–Kier alpha value is -2.40. The molecule has 0 aromatic carbocycles. The number of nitrogens with zero attached hydrogens (tertiary/aromatic N) is 3. The lowest BCUT2D eigenvalue weighted by molar-refractivity contribution is 0.124. The Kier molecular flexibility index (Phi) is 2.38. The summed E-state index contributed by atoms with van der Waals surface area (Å²) in [6, 6.07) is 2.22. The molecule has 1 fully saturated rings. The van der Waals surface area contributed by atoms with Gasteiger partial charge in [-0.3, -0.25) is 4.68 Å². The normalized spacial score (nSPS) is 23.4. The molecule has 5 heterocycles. The molecule has 110 valence electrons. The SMILES string of the molecule is Cn1cc(-c2c[nH]c3ncc(C4=CC5CC[C@H]4O5)cc23)cn1. The largest absolute Gasteiger partial charge is 0.366 e. The highest BCUT2D eigenvalue weighted by Gasteiger charge is 2.34. The van der Waals surface area contributed by atoms with Crippen LogP contribution in [0.1, 0.15) is 18.4 Å². The molecule has 5 nitrogen and oxygen atoms in total. The van der Waals surface area contributed by atoms with Gasteiger partial charge in [-0.15, -0.1) is 0 Å². The van der Waals surface area contributed by atoms with E-state index in [9.17, 15) is 0 Å². The van der Waals surface area contributed by atoms with Crippen molar-refractivity contribution in [3.05, 3.63) is 42.5 Å². The first-order valence-electron chi connectivity index (χ1n) is 7.61. The van der Waals surface area contributed by atoms with Crippen LogP contribution < -0.4 is 0 Å². The molecule has 5 rings (SSSR count). The molecule has 1 unspecified atom stereocenters. The van der Waals surface area contributed by atoms with Gasteiger partial charge in [-0.25, -0.2) is 4.98 Å². The Morgan fingerprint density at radius 1 is 1.27 bits per heavy atom. The van der Waals surface area contributed by atoms with Crippen molar-refractivity contribution in [2.45, 2.75) is 25.0 Å². The van der Waals surface area contributed by atoms with Crippen molar-refractivity contribution < 1.29 is 4.74 Å². The molecule has 3 aromatic heterocycles. The van der Waals surface area contributed by atoms with Crippen LogP contribution in [-0.4, -0.2) is 32.0 Å². The number of nitrogens with one attached hydrogen (secondary N) is 1. The molecule has 22 heavy (non-hydrogen) atoms. The molecule has 5 heteroatoms. The molecule has 0 saturated carbocycles. The molecule has 1 saturated heterocycles. The maximum atomic E-state index is 5.91. The highest BCUT2D eigenvalue weighted by atomic mass is 16.5. The fourth-order valence-corrected chi connectivity index (χ4v) is 3.56. The van der Waals surface area contributed by atoms with E-state index in [4.69, 9.17) is 4.74 Å². The van der Waals surface area contributed by atoms with Gasteiger partial charge in [-0.1, -0.05) is 0 Å². The summed E-state index contributed by atoms with van der Waals surface area (Å²) in [6.07, 6.45) is 12.9. The van der Waals surface area contributed by atoms with E-state index in [0.29, 0.717) is 6.10 Å². The van der Waals surface area contributed by atoms with E-state index in [2.05, 4.69) is 27.2 Å². The number of aryl methyl sites for hydroxylation is 1. The van der Waals surface area contributed by atoms with Gasteiger partial charge in [0.2, 0.25) is 0 Å². The maximum Gasteiger partial charge on any atom is 0.137 e. The van der Waals surface area contributed by atoms with Crippen LogP contribution in [0.15, 0.2) is 36.9 Å². The molecule has 2 atom stereocenters. The second kappa shape index (κ2) is 4.30. The van der Waals surface area contributed by atoms with Gasteiger partial charge in [0.1, 0.15) is 5.65 Å². The predicted octanol–water partition coefficient (Wildman–Crippen LogP) is 2.91. The lowest BCUT2D eigenvalue weighted by atomic mass is 9.94. The van der Waals surface area contributed by atoms with E-state index in [0.717, 1.165) is 35.0 Å². The van der Waals surface area contributed by atoms with Gasteiger partial charge in [0.25, 0.3) is 0 Å². The second-order valence-corrected chi connectivity index (χ2v) is 6.09. The van der Waals surface area contributed by atoms with Crippen molar-refractivity contribution in [1.29, 1.82) is 0 Å². The molecule has 0 aliphatic carbocycles. The molecule has 0 radical (unpaired) electrons. The zero-order valence-electron chi connectivity index (χ0n) is 12.3. The summed E-state index contributed by atoms with van der Waals surface area (Å²) in [5.41, 5.74) is 5.62. The van der Waals surface area contributed by atoms with Crippen LogP contribution in [0.5, 0.6) is 0 Å². The summed E-state index contributed by atoms with van der Waals surface area (Å²) in [6.45, 7) is 0. The molecule has 2 aliphatic heterocycles. The Morgan fingerprint density at radius 3 is 2.95 bits per heavy atom. The molecule has 0 spiro atoms. The van der Waals surface area contributed by atoms with Crippen molar-refractivity contribution in [1.82, 2.24) is 19.7 Å². The van der Waals surface area contributed by atoms with E-state index in [1.807, 2.05) is 36.5 Å². The van der Waals surface area contributed by atoms with E-state index < -0.39 is 0 Å². The minimum atomic E-state index is 0.255. The Labute approximate surface area is 127 Å². The first-order valence-corrected chi connectivity index (χ1v) is 7.61. The van der Waals surface area contributed by atoms with Gasteiger partial charge in [0.15, 0.2) is 0 Å². The Bertz CT molecular complexity index is 904. The average molecular weight is 292 g/mol. The number of hydrogen-bond donors (Lipinski definition) is 1. The standard InChI is InChI=1S/C17H16N4O/c1-21-9-11(7-20-21)15-8-19-17-14(15)4-10(6-18-17)13-5-12-2-3-16(13)22-12/h4-9,12,16H,2-3H2,1H3,(H,18,19)/t12?,16-/m1/s1. The molecular formula is C17H16N4O. The number of aromatic amines is 1. The number of fused-ring (bicyclic) bond motifs is 3. The van der Waals surface area contributed by atoms with Crippen LogP contribution in [-0.2, 0) is 11.8 Å². The number of aromatic nitrogens is 4. The van der Waals surface area contributed by atoms with E-state index in [1.165, 1.54) is 11.1 Å². The first kappa shape index (κ1) is 12.2. The van der Waals surface area contributed by atoms with Crippen LogP contribution in [0.25, 0.3) is 27.7 Å². The van der Waals surface area contributed by atoms with Crippen LogP contribution in [0.3, 0.4) is 0 Å². The van der Waals surface area contributed by atoms with Gasteiger partial charge >= 0.3 is 0 Å². The smallest absolute Gasteiger partial charge is 0.137 e. The number of ether oxygens (including phenoxy) is 1. The molecule has 2 aliphatic rings. The predicted molar refractivity (Wildman–Crippen MR) is 84.2 cm³/mol. The van der Waals surface area contributed by atoms with E-state index in [-0.39, 0.29) is 6.10 Å². The topological polar surface area (TPSA) is 55.7 Å². The second-order valence-electron chi connectivity index (χ2n) is 6.09. The summed E-state index contributed by atoms with van der Waals surface area (Å²) in [7, 11) is 1.93. The fraction of sp³-hybridized carbons (Fsp3) is 0.294. The van der Waals surface area contributed by atoms with Gasteiger partial charge < -0.3 is 9.72 Å². The quantitative estimate of drug-likeness (QED) is 0.790. The third-order valence-electron chi connectivity index (χ3n) is 4.65. The maximum absolute atomic E-state index is 5.91. The summed E-state index contributed by atoms with van der Waals surface area (Å²) < 4.78 is 7.73. The van der Waals surface area contributed by atoms with Gasteiger partial charge in [-0.2, -0.15) is 5.10 Å². The van der Waals surface area contributed by atoms with Gasteiger partial charge in [0, 0.05) is 42.2 Å².